The summed E-state index contributed by atoms with van der Waals surface area (Å²) in [5.41, 5.74) is 26.0. The van der Waals surface area contributed by atoms with Gasteiger partial charge in [-0.15, -0.1) is 0 Å². The first-order valence-corrected chi connectivity index (χ1v) is 33.2. The van der Waals surface area contributed by atoms with Gasteiger partial charge >= 0.3 is 0 Å². The molecule has 0 N–H and O–H groups in total. The summed E-state index contributed by atoms with van der Waals surface area (Å²) in [6, 6.07) is 137. The zero-order valence-corrected chi connectivity index (χ0v) is 56.0. The molecule has 0 saturated carbocycles. The van der Waals surface area contributed by atoms with E-state index >= 15 is 0 Å². The van der Waals surface area contributed by atoms with Crippen molar-refractivity contribution in [2.24, 2.45) is 0 Å². The van der Waals surface area contributed by atoms with Gasteiger partial charge in [0.1, 0.15) is 0 Å². The summed E-state index contributed by atoms with van der Waals surface area (Å²) in [7, 11) is 0. The van der Waals surface area contributed by atoms with Crippen LogP contribution in [-0.4, -0.2) is 0 Å². The lowest BCUT2D eigenvalue weighted by Gasteiger charge is -2.09. The summed E-state index contributed by atoms with van der Waals surface area (Å²) in [6.07, 6.45) is 0. The highest BCUT2D eigenvalue weighted by Gasteiger charge is 2.09. The molecule has 16 rings (SSSR count). The van der Waals surface area contributed by atoms with Gasteiger partial charge in [0.25, 0.3) is 0 Å². The first kappa shape index (κ1) is 65.8. The molecule has 0 heterocycles. The molecule has 0 bridgehead atoms. The molecule has 0 fully saturated rings. The van der Waals surface area contributed by atoms with Crippen molar-refractivity contribution in [2.75, 3.05) is 0 Å². The number of hydrogen-bond acceptors (Lipinski definition) is 0. The van der Waals surface area contributed by atoms with E-state index in [1.807, 2.05) is 12.1 Å². The summed E-state index contributed by atoms with van der Waals surface area (Å²) >= 11 is 0. The Labute approximate surface area is 569 Å². The number of hydrogen-bond donors (Lipinski definition) is 0. The monoisotopic (exact) mass is 1230 g/mol. The minimum atomic E-state index is 1.27. The van der Waals surface area contributed by atoms with Crippen molar-refractivity contribution in [3.8, 4) is 77.9 Å². The molecule has 0 aliphatic heterocycles. The van der Waals surface area contributed by atoms with Crippen LogP contribution in [0.3, 0.4) is 0 Å². The van der Waals surface area contributed by atoms with E-state index < -0.39 is 0 Å². The highest BCUT2D eigenvalue weighted by molar-refractivity contribution is 6.00. The van der Waals surface area contributed by atoms with E-state index in [0.717, 1.165) is 0 Å². The van der Waals surface area contributed by atoms with E-state index in [9.17, 15) is 0 Å². The third-order valence-corrected chi connectivity index (χ3v) is 17.2. The van der Waals surface area contributed by atoms with Crippen LogP contribution in [0.2, 0.25) is 0 Å². The molecule has 0 aliphatic rings. The molecule has 0 aromatic heterocycles. The molecule has 0 amide bonds. The van der Waals surface area contributed by atoms with Gasteiger partial charge in [-0.05, 0) is 186 Å². The molecular formula is C96H82. The summed E-state index contributed by atoms with van der Waals surface area (Å²) in [5, 5.41) is 7.98. The van der Waals surface area contributed by atoms with Gasteiger partial charge in [0, 0.05) is 0 Å². The van der Waals surface area contributed by atoms with Crippen LogP contribution >= 0.6 is 0 Å². The van der Waals surface area contributed by atoms with Crippen LogP contribution in [-0.2, 0) is 0 Å². The molecule has 96 heavy (non-hydrogen) atoms. The summed E-state index contributed by atoms with van der Waals surface area (Å²) in [5.74, 6) is 0. The van der Waals surface area contributed by atoms with Crippen LogP contribution in [0.5, 0.6) is 0 Å². The third-order valence-electron chi connectivity index (χ3n) is 17.2. The van der Waals surface area contributed by atoms with Crippen LogP contribution in [0.4, 0.5) is 0 Å². The van der Waals surface area contributed by atoms with Gasteiger partial charge in [-0.1, -0.05) is 388 Å². The van der Waals surface area contributed by atoms with Gasteiger partial charge in [0.15, 0.2) is 0 Å². The molecule has 0 radical (unpaired) electrons. The molecule has 0 saturated heterocycles. The maximum Gasteiger partial charge on any atom is -0.0103 e. The maximum absolute atomic E-state index is 2.26. The summed E-state index contributed by atoms with van der Waals surface area (Å²) in [4.78, 5) is 0. The Bertz CT molecular complexity index is 4910. The second kappa shape index (κ2) is 33.2. The molecule has 0 atom stereocenters. The molecule has 0 aliphatic carbocycles. The quantitative estimate of drug-likeness (QED) is 0.149. The Morgan fingerprint density at radius 1 is 0.135 bits per heavy atom. The number of benzene rings is 16. The lowest BCUT2D eigenvalue weighted by atomic mass is 9.96. The van der Waals surface area contributed by atoms with Crippen LogP contribution in [0, 0.1) is 41.5 Å². The first-order valence-electron chi connectivity index (χ1n) is 33.2. The number of aryl methyl sites for hydroxylation is 6. The lowest BCUT2D eigenvalue weighted by Crippen LogP contribution is -1.84. The van der Waals surface area contributed by atoms with Crippen LogP contribution in [0.1, 0.15) is 33.4 Å². The molecule has 0 unspecified atom stereocenters. The van der Waals surface area contributed by atoms with E-state index in [2.05, 4.69) is 418 Å². The number of fused-ring (bicyclic) bond motifs is 3. The number of rotatable bonds is 7. The fourth-order valence-electron chi connectivity index (χ4n) is 12.2. The van der Waals surface area contributed by atoms with Crippen molar-refractivity contribution >= 4 is 32.3 Å². The predicted molar refractivity (Wildman–Crippen MR) is 418 cm³/mol. The molecule has 0 spiro atoms. The Kier molecular flexibility index (Phi) is 22.8. The molecule has 466 valence electrons. The van der Waals surface area contributed by atoms with Gasteiger partial charge in [-0.3, -0.25) is 0 Å². The van der Waals surface area contributed by atoms with Gasteiger partial charge in [-0.25, -0.2) is 0 Å². The Hall–Kier alpha value is -11.7. The average molecular weight is 1240 g/mol. The highest BCUT2D eigenvalue weighted by atomic mass is 14.1. The zero-order chi connectivity index (χ0) is 66.3. The topological polar surface area (TPSA) is 0 Å². The normalized spacial score (nSPS) is 10.4. The average Bonchev–Trinajstić information content (AvgIpc) is 0.900. The zero-order valence-electron chi connectivity index (χ0n) is 56.0. The second-order valence-corrected chi connectivity index (χ2v) is 24.3. The van der Waals surface area contributed by atoms with Crippen LogP contribution in [0.15, 0.2) is 388 Å². The minimum absolute atomic E-state index is 1.27. The third kappa shape index (κ3) is 17.5. The summed E-state index contributed by atoms with van der Waals surface area (Å²) < 4.78 is 0. The highest BCUT2D eigenvalue weighted by Crippen LogP contribution is 2.34. The Balaban J connectivity index is 0.000000118. The standard InChI is InChI=1S/C19H16.3C17H14.2C13H12/c1-15-12-18(16-8-4-2-5-9-16)14-19(13-15)17-10-6-3-7-11-17;1-13-7-5-12-17-15(13)10-6-11-16(17)14-8-3-2-4-9-14;1-13-11-15-9-5-6-10-16(15)17(12-13)14-7-3-2-4-8-14;1-13-11-12-16(14-7-3-2-4-8-14)17-10-6-5-9-15(13)17;1-11-7-5-6-10-13(11)12-8-3-2-4-9-12;1-11-7-9-13(10-8-11)12-5-3-2-4-6-12/h2-14H,1H3;3*2-12H,1H3;2*2-10H,1H3. The van der Waals surface area contributed by atoms with Gasteiger partial charge in [-0.2, -0.15) is 0 Å². The van der Waals surface area contributed by atoms with E-state index in [-0.39, 0.29) is 0 Å². The second-order valence-electron chi connectivity index (χ2n) is 24.3. The SMILES string of the molecule is Cc1cc(-c2ccccc2)c2ccccc2c1.Cc1cc(-c2ccccc2)cc(-c2ccccc2)c1.Cc1ccc(-c2ccccc2)c2ccccc12.Cc1ccc(-c2ccccc2)cc1.Cc1cccc2c(-c3ccccc3)cccc12.Cc1ccccc1-c1ccccc1. The van der Waals surface area contributed by atoms with Crippen LogP contribution in [0.25, 0.3) is 110 Å². The van der Waals surface area contributed by atoms with Crippen LogP contribution < -0.4 is 0 Å². The first-order chi connectivity index (χ1) is 47.1. The van der Waals surface area contributed by atoms with Crippen molar-refractivity contribution in [1.29, 1.82) is 0 Å². The van der Waals surface area contributed by atoms with Crippen molar-refractivity contribution in [2.45, 2.75) is 41.5 Å². The van der Waals surface area contributed by atoms with E-state index in [0.29, 0.717) is 0 Å². The molecular weight excluding hydrogens is 1150 g/mol. The van der Waals surface area contributed by atoms with E-state index in [1.54, 1.807) is 0 Å². The molecule has 0 nitrogen and oxygen atoms in total. The van der Waals surface area contributed by atoms with E-state index in [4.69, 9.17) is 0 Å². The molecule has 16 aromatic rings. The maximum atomic E-state index is 2.26. The Morgan fingerprint density at radius 2 is 0.448 bits per heavy atom. The fraction of sp³-hybridized carbons (Fsp3) is 0.0625. The molecule has 16 aromatic carbocycles. The van der Waals surface area contributed by atoms with Crippen molar-refractivity contribution < 1.29 is 0 Å². The van der Waals surface area contributed by atoms with Gasteiger partial charge in [0.05, 0.1) is 0 Å². The van der Waals surface area contributed by atoms with Crippen molar-refractivity contribution in [3.63, 3.8) is 0 Å². The van der Waals surface area contributed by atoms with Gasteiger partial charge < -0.3 is 0 Å². The fourth-order valence-corrected chi connectivity index (χ4v) is 12.2. The predicted octanol–water partition coefficient (Wildman–Crippen LogP) is 27.1. The Morgan fingerprint density at radius 3 is 0.948 bits per heavy atom. The van der Waals surface area contributed by atoms with E-state index in [1.165, 1.54) is 144 Å². The lowest BCUT2D eigenvalue weighted by molar-refractivity contribution is 1.46. The largest absolute Gasteiger partial charge is 0.0622 e. The van der Waals surface area contributed by atoms with Crippen molar-refractivity contribution in [1.82, 2.24) is 0 Å². The van der Waals surface area contributed by atoms with Crippen molar-refractivity contribution in [3.05, 3.63) is 422 Å². The molecule has 0 heteroatoms. The minimum Gasteiger partial charge on any atom is -0.0622 e. The van der Waals surface area contributed by atoms with Gasteiger partial charge in [0.2, 0.25) is 0 Å². The smallest absolute Gasteiger partial charge is 0.0103 e. The summed E-state index contributed by atoms with van der Waals surface area (Å²) in [6.45, 7) is 12.9.